The minimum atomic E-state index is -0.476. The molecule has 0 fully saturated rings. The number of halogens is 2. The molecular weight excluding hydrogens is 405 g/mol. The Labute approximate surface area is 178 Å². The Hall–Kier alpha value is -2.82. The maximum Gasteiger partial charge on any atom is 0.251 e. The first-order valence-corrected chi connectivity index (χ1v) is 10.1. The quantitative estimate of drug-likeness (QED) is 0.439. The average molecular weight is 422 g/mol. The molecule has 0 spiro atoms. The Balaban J connectivity index is 1.62. The molecule has 0 saturated carbocycles. The third-order valence-electron chi connectivity index (χ3n) is 5.28. The number of amides is 1. The van der Waals surface area contributed by atoms with E-state index in [1.54, 1.807) is 0 Å². The molecule has 5 rings (SSSR count). The van der Waals surface area contributed by atoms with Gasteiger partial charge in [-0.25, -0.2) is 4.98 Å². The summed E-state index contributed by atoms with van der Waals surface area (Å²) in [5.41, 5.74) is 3.77. The third-order valence-corrected chi connectivity index (χ3v) is 5.78. The normalized spacial score (nSPS) is 16.3. The zero-order valence-electron chi connectivity index (χ0n) is 15.4. The van der Waals surface area contributed by atoms with E-state index in [0.29, 0.717) is 23.1 Å². The summed E-state index contributed by atoms with van der Waals surface area (Å²) in [6, 6.07) is 22.5. The number of imidazole rings is 1. The van der Waals surface area contributed by atoms with Crippen molar-refractivity contribution in [3.63, 3.8) is 0 Å². The van der Waals surface area contributed by atoms with Crippen molar-refractivity contribution in [3.8, 4) is 0 Å². The van der Waals surface area contributed by atoms with Gasteiger partial charge in [-0.1, -0.05) is 59.6 Å². The number of fused-ring (bicyclic) bond motifs is 3. The molecule has 1 aromatic heterocycles. The smallest absolute Gasteiger partial charge is 0.251 e. The van der Waals surface area contributed by atoms with Crippen LogP contribution in [-0.4, -0.2) is 20.4 Å². The van der Waals surface area contributed by atoms with Crippen molar-refractivity contribution in [2.45, 2.75) is 19.1 Å². The Kier molecular flexibility index (Phi) is 4.53. The molecule has 2 heterocycles. The van der Waals surface area contributed by atoms with Gasteiger partial charge in [-0.15, -0.1) is 0 Å². The van der Waals surface area contributed by atoms with Crippen molar-refractivity contribution in [1.82, 2.24) is 14.5 Å². The summed E-state index contributed by atoms with van der Waals surface area (Å²) in [6.45, 7) is 0.962. The molecule has 29 heavy (non-hydrogen) atoms. The molecule has 4 nitrogen and oxygen atoms in total. The highest BCUT2D eigenvalue weighted by Crippen LogP contribution is 2.33. The lowest BCUT2D eigenvalue weighted by atomic mass is 10.0. The van der Waals surface area contributed by atoms with E-state index in [-0.39, 0.29) is 5.91 Å². The van der Waals surface area contributed by atoms with Gasteiger partial charge >= 0.3 is 0 Å². The molecule has 0 bridgehead atoms. The second-order valence-corrected chi connectivity index (χ2v) is 8.03. The highest BCUT2D eigenvalue weighted by Gasteiger charge is 2.36. The standard InChI is InChI=1S/C23H17Cl2N3O/c24-17-9-5-15(6-10-17)13-27-14-21-26-19-3-1-2-4-20(19)28(21)22(23(27)29)16-7-11-18(25)12-8-16/h1-12,22H,13-14H2. The summed E-state index contributed by atoms with van der Waals surface area (Å²) in [6.07, 6.45) is 0. The van der Waals surface area contributed by atoms with Crippen molar-refractivity contribution in [2.75, 3.05) is 0 Å². The van der Waals surface area contributed by atoms with Gasteiger partial charge in [-0.3, -0.25) is 4.79 Å². The predicted octanol–water partition coefficient (Wildman–Crippen LogP) is 5.47. The summed E-state index contributed by atoms with van der Waals surface area (Å²) >= 11 is 12.1. The Morgan fingerprint density at radius 1 is 0.897 bits per heavy atom. The Morgan fingerprint density at radius 3 is 2.28 bits per heavy atom. The lowest BCUT2D eigenvalue weighted by Crippen LogP contribution is -2.42. The Bertz CT molecular complexity index is 1200. The van der Waals surface area contributed by atoms with Crippen LogP contribution in [0.2, 0.25) is 10.0 Å². The molecule has 0 radical (unpaired) electrons. The van der Waals surface area contributed by atoms with Crippen LogP contribution in [0, 0.1) is 0 Å². The van der Waals surface area contributed by atoms with Gasteiger partial charge in [0.15, 0.2) is 0 Å². The van der Waals surface area contributed by atoms with E-state index in [0.717, 1.165) is 28.0 Å². The Morgan fingerprint density at radius 2 is 1.55 bits per heavy atom. The molecule has 1 aliphatic heterocycles. The molecule has 1 unspecified atom stereocenters. The topological polar surface area (TPSA) is 38.1 Å². The van der Waals surface area contributed by atoms with Gasteiger partial charge in [0.1, 0.15) is 11.9 Å². The molecule has 1 atom stereocenters. The first kappa shape index (κ1) is 18.2. The van der Waals surface area contributed by atoms with Gasteiger partial charge in [0, 0.05) is 16.6 Å². The minimum Gasteiger partial charge on any atom is -0.329 e. The molecule has 6 heteroatoms. The van der Waals surface area contributed by atoms with Gasteiger partial charge in [0.2, 0.25) is 0 Å². The maximum absolute atomic E-state index is 13.6. The van der Waals surface area contributed by atoms with E-state index >= 15 is 0 Å². The minimum absolute atomic E-state index is 0.0397. The highest BCUT2D eigenvalue weighted by molar-refractivity contribution is 6.30. The van der Waals surface area contributed by atoms with Gasteiger partial charge in [-0.2, -0.15) is 0 Å². The van der Waals surface area contributed by atoms with Crippen LogP contribution in [0.15, 0.2) is 72.8 Å². The number of benzene rings is 3. The highest BCUT2D eigenvalue weighted by atomic mass is 35.5. The van der Waals surface area contributed by atoms with Crippen LogP contribution in [0.4, 0.5) is 0 Å². The largest absolute Gasteiger partial charge is 0.329 e. The molecule has 0 aliphatic carbocycles. The summed E-state index contributed by atoms with van der Waals surface area (Å²) in [5.74, 6) is 0.914. The maximum atomic E-state index is 13.6. The van der Waals surface area contributed by atoms with Gasteiger partial charge in [0.05, 0.1) is 17.6 Å². The summed E-state index contributed by atoms with van der Waals surface area (Å²) in [4.78, 5) is 20.3. The lowest BCUT2D eigenvalue weighted by Gasteiger charge is -2.34. The van der Waals surface area contributed by atoms with Crippen LogP contribution < -0.4 is 0 Å². The monoisotopic (exact) mass is 421 g/mol. The molecule has 4 aromatic rings. The average Bonchev–Trinajstić information content (AvgIpc) is 3.09. The number of carbonyl (C=O) groups excluding carboxylic acids is 1. The van der Waals surface area contributed by atoms with Gasteiger partial charge in [-0.05, 0) is 47.5 Å². The van der Waals surface area contributed by atoms with Crippen molar-refractivity contribution >= 4 is 40.1 Å². The second-order valence-electron chi connectivity index (χ2n) is 7.16. The molecule has 144 valence electrons. The number of hydrogen-bond donors (Lipinski definition) is 0. The number of carbonyl (C=O) groups is 1. The fourth-order valence-corrected chi connectivity index (χ4v) is 4.16. The molecule has 1 amide bonds. The van der Waals surface area contributed by atoms with E-state index < -0.39 is 6.04 Å². The van der Waals surface area contributed by atoms with Crippen LogP contribution in [0.3, 0.4) is 0 Å². The number of nitrogens with zero attached hydrogens (tertiary/aromatic N) is 3. The van der Waals surface area contributed by atoms with Crippen molar-refractivity contribution < 1.29 is 4.79 Å². The van der Waals surface area contributed by atoms with Crippen LogP contribution in [0.25, 0.3) is 11.0 Å². The zero-order chi connectivity index (χ0) is 20.0. The lowest BCUT2D eigenvalue weighted by molar-refractivity contribution is -0.136. The molecule has 0 saturated heterocycles. The molecule has 1 aliphatic rings. The van der Waals surface area contributed by atoms with Gasteiger partial charge in [0.25, 0.3) is 5.91 Å². The van der Waals surface area contributed by atoms with E-state index in [1.165, 1.54) is 0 Å². The van der Waals surface area contributed by atoms with Gasteiger partial charge < -0.3 is 9.47 Å². The van der Waals surface area contributed by atoms with Crippen molar-refractivity contribution in [1.29, 1.82) is 0 Å². The summed E-state index contributed by atoms with van der Waals surface area (Å²) < 4.78 is 2.05. The van der Waals surface area contributed by atoms with Crippen LogP contribution in [0.1, 0.15) is 23.0 Å². The summed E-state index contributed by atoms with van der Waals surface area (Å²) in [7, 11) is 0. The molecular formula is C23H17Cl2N3O. The predicted molar refractivity (Wildman–Crippen MR) is 115 cm³/mol. The van der Waals surface area contributed by atoms with E-state index in [9.17, 15) is 4.79 Å². The van der Waals surface area contributed by atoms with Crippen molar-refractivity contribution in [2.24, 2.45) is 0 Å². The number of aromatic nitrogens is 2. The van der Waals surface area contributed by atoms with E-state index in [2.05, 4.69) is 4.57 Å². The van der Waals surface area contributed by atoms with Crippen LogP contribution in [0.5, 0.6) is 0 Å². The first-order valence-electron chi connectivity index (χ1n) is 9.35. The number of hydrogen-bond acceptors (Lipinski definition) is 2. The fraction of sp³-hybridized carbons (Fsp3) is 0.130. The fourth-order valence-electron chi connectivity index (χ4n) is 3.91. The van der Waals surface area contributed by atoms with Crippen LogP contribution in [-0.2, 0) is 17.9 Å². The molecule has 3 aromatic carbocycles. The number of para-hydroxylation sites is 2. The van der Waals surface area contributed by atoms with Crippen LogP contribution >= 0.6 is 23.2 Å². The van der Waals surface area contributed by atoms with E-state index in [1.807, 2.05) is 77.7 Å². The molecule has 0 N–H and O–H groups in total. The zero-order valence-corrected chi connectivity index (χ0v) is 16.9. The number of rotatable bonds is 3. The summed E-state index contributed by atoms with van der Waals surface area (Å²) in [5, 5.41) is 1.32. The van der Waals surface area contributed by atoms with E-state index in [4.69, 9.17) is 28.2 Å². The third kappa shape index (κ3) is 3.28. The second kappa shape index (κ2) is 7.21. The first-order chi connectivity index (χ1) is 14.1. The SMILES string of the molecule is O=C1C(c2ccc(Cl)cc2)n2c(nc3ccccc32)CN1Cc1ccc(Cl)cc1. The van der Waals surface area contributed by atoms with Crippen molar-refractivity contribution in [3.05, 3.63) is 99.8 Å².